The van der Waals surface area contributed by atoms with Crippen molar-refractivity contribution in [1.29, 1.82) is 0 Å². The topological polar surface area (TPSA) is 105 Å². The molecule has 7 heteroatoms. The normalized spacial score (nSPS) is 15.0. The zero-order valence-electron chi connectivity index (χ0n) is 20.9. The number of benzene rings is 2. The number of carboxylic acids is 1. The van der Waals surface area contributed by atoms with E-state index >= 15 is 0 Å². The molecule has 0 saturated heterocycles. The van der Waals surface area contributed by atoms with Gasteiger partial charge >= 0.3 is 12.1 Å². The van der Waals surface area contributed by atoms with Gasteiger partial charge in [-0.1, -0.05) is 82.6 Å². The summed E-state index contributed by atoms with van der Waals surface area (Å²) in [6, 6.07) is 15.3. The van der Waals surface area contributed by atoms with E-state index in [4.69, 9.17) is 4.74 Å². The lowest BCUT2D eigenvalue weighted by Gasteiger charge is -2.25. The molecular weight excluding hydrogens is 444 g/mol. The molecule has 0 saturated carbocycles. The van der Waals surface area contributed by atoms with Gasteiger partial charge in [0.05, 0.1) is 5.92 Å². The van der Waals surface area contributed by atoms with E-state index in [1.165, 1.54) is 0 Å². The number of hydrogen-bond donors (Lipinski definition) is 3. The Morgan fingerprint density at radius 3 is 2.06 bits per heavy atom. The second-order valence-corrected chi connectivity index (χ2v) is 9.74. The number of carbonyl (C=O) groups excluding carboxylic acids is 2. The van der Waals surface area contributed by atoms with Crippen LogP contribution < -0.4 is 10.6 Å². The molecule has 1 aliphatic rings. The van der Waals surface area contributed by atoms with Crippen LogP contribution in [0.3, 0.4) is 0 Å². The van der Waals surface area contributed by atoms with Crippen LogP contribution >= 0.6 is 0 Å². The summed E-state index contributed by atoms with van der Waals surface area (Å²) in [5.74, 6) is -2.03. The highest BCUT2D eigenvalue weighted by atomic mass is 16.5. The molecule has 0 bridgehead atoms. The van der Waals surface area contributed by atoms with Crippen LogP contribution in [0.4, 0.5) is 4.79 Å². The predicted octanol–water partition coefficient (Wildman–Crippen LogP) is 4.80. The third-order valence-electron chi connectivity index (χ3n) is 6.74. The van der Waals surface area contributed by atoms with Crippen molar-refractivity contribution in [3.8, 4) is 11.1 Å². The number of aliphatic carboxylic acids is 1. The van der Waals surface area contributed by atoms with Gasteiger partial charge < -0.3 is 20.5 Å². The van der Waals surface area contributed by atoms with Gasteiger partial charge in [0.2, 0.25) is 5.91 Å². The summed E-state index contributed by atoms with van der Waals surface area (Å²) in [6.07, 6.45) is 0.553. The fourth-order valence-corrected chi connectivity index (χ4v) is 4.66. The third-order valence-corrected chi connectivity index (χ3v) is 6.74. The van der Waals surface area contributed by atoms with Crippen molar-refractivity contribution in [2.75, 3.05) is 13.2 Å². The summed E-state index contributed by atoms with van der Waals surface area (Å²) < 4.78 is 5.57. The maximum absolute atomic E-state index is 12.9. The van der Waals surface area contributed by atoms with Gasteiger partial charge in [0, 0.05) is 12.5 Å². The van der Waals surface area contributed by atoms with Crippen molar-refractivity contribution in [2.45, 2.75) is 52.5 Å². The average Bonchev–Trinajstić information content (AvgIpc) is 3.16. The summed E-state index contributed by atoms with van der Waals surface area (Å²) in [6.45, 7) is 7.92. The molecule has 0 spiro atoms. The van der Waals surface area contributed by atoms with Crippen LogP contribution in [0.2, 0.25) is 0 Å². The number of hydrogen-bond acceptors (Lipinski definition) is 4. The summed E-state index contributed by atoms with van der Waals surface area (Å²) in [7, 11) is 0. The summed E-state index contributed by atoms with van der Waals surface area (Å²) in [5.41, 5.74) is 4.56. The molecule has 2 aromatic carbocycles. The van der Waals surface area contributed by atoms with Gasteiger partial charge in [0.25, 0.3) is 0 Å². The first-order valence-electron chi connectivity index (χ1n) is 12.3. The Morgan fingerprint density at radius 1 is 0.971 bits per heavy atom. The maximum atomic E-state index is 12.9. The van der Waals surface area contributed by atoms with E-state index in [0.717, 1.165) is 22.3 Å². The third kappa shape index (κ3) is 6.41. The Kier molecular flexibility index (Phi) is 8.90. The standard InChI is InChI=1S/C28H36N2O5/c1-5-18(4)25(27(32)33)30-26(31)19(14-17(2)3)15-29-28(34)35-16-24-22-12-8-6-10-20(22)21-11-7-9-13-23(21)24/h6-13,17-19,24-25H,5,14-16H2,1-4H3,(H,29,34)(H,30,31)(H,32,33)/t18-,19?,25-/m0/s1. The maximum Gasteiger partial charge on any atom is 0.407 e. The monoisotopic (exact) mass is 480 g/mol. The van der Waals surface area contributed by atoms with E-state index in [-0.39, 0.29) is 36.8 Å². The number of carboxylic acid groups (broad SMARTS) is 1. The first-order valence-corrected chi connectivity index (χ1v) is 12.3. The second-order valence-electron chi connectivity index (χ2n) is 9.74. The molecule has 2 aromatic rings. The Balaban J connectivity index is 1.60. The van der Waals surface area contributed by atoms with Crippen LogP contribution in [0, 0.1) is 17.8 Å². The van der Waals surface area contributed by atoms with Gasteiger partial charge in [-0.2, -0.15) is 0 Å². The highest BCUT2D eigenvalue weighted by Crippen LogP contribution is 2.44. The summed E-state index contributed by atoms with van der Waals surface area (Å²) in [5, 5.41) is 14.9. The number of rotatable bonds is 11. The zero-order chi connectivity index (χ0) is 25.5. The van der Waals surface area contributed by atoms with E-state index in [1.807, 2.05) is 45.0 Å². The number of nitrogens with one attached hydrogen (secondary N) is 2. The number of fused-ring (bicyclic) bond motifs is 3. The minimum atomic E-state index is -1.06. The Bertz CT molecular complexity index is 1010. The number of amides is 2. The molecule has 3 rings (SSSR count). The van der Waals surface area contributed by atoms with E-state index in [9.17, 15) is 19.5 Å². The Labute approximate surface area is 207 Å². The predicted molar refractivity (Wildman–Crippen MR) is 135 cm³/mol. The van der Waals surface area contributed by atoms with E-state index < -0.39 is 24.0 Å². The molecule has 188 valence electrons. The number of alkyl carbamates (subject to hydrolysis) is 1. The first kappa shape index (κ1) is 26.3. The lowest BCUT2D eigenvalue weighted by atomic mass is 9.94. The van der Waals surface area contributed by atoms with Crippen LogP contribution in [-0.2, 0) is 14.3 Å². The molecule has 3 atom stereocenters. The molecule has 35 heavy (non-hydrogen) atoms. The van der Waals surface area contributed by atoms with Crippen LogP contribution in [-0.4, -0.2) is 42.3 Å². The van der Waals surface area contributed by atoms with Crippen molar-refractivity contribution in [2.24, 2.45) is 17.8 Å². The fourth-order valence-electron chi connectivity index (χ4n) is 4.66. The smallest absolute Gasteiger partial charge is 0.407 e. The molecule has 0 heterocycles. The molecule has 1 aliphatic carbocycles. The second kappa shape index (κ2) is 11.9. The highest BCUT2D eigenvalue weighted by Gasteiger charge is 2.31. The van der Waals surface area contributed by atoms with Gasteiger partial charge in [-0.05, 0) is 40.5 Å². The van der Waals surface area contributed by atoms with E-state index in [0.29, 0.717) is 12.8 Å². The lowest BCUT2D eigenvalue weighted by Crippen LogP contribution is -2.49. The van der Waals surface area contributed by atoms with Crippen LogP contribution in [0.1, 0.15) is 57.6 Å². The van der Waals surface area contributed by atoms with Crippen LogP contribution in [0.5, 0.6) is 0 Å². The van der Waals surface area contributed by atoms with E-state index in [1.54, 1.807) is 6.92 Å². The molecule has 1 unspecified atom stereocenters. The molecule has 0 radical (unpaired) electrons. The number of carbonyl (C=O) groups is 3. The first-order chi connectivity index (χ1) is 16.7. The van der Waals surface area contributed by atoms with Gasteiger partial charge in [-0.15, -0.1) is 0 Å². The SMILES string of the molecule is CC[C@H](C)[C@H](NC(=O)C(CNC(=O)OCC1c2ccccc2-c2ccccc21)CC(C)C)C(=O)O. The minimum absolute atomic E-state index is 0.0465. The Hall–Kier alpha value is -3.35. The van der Waals surface area contributed by atoms with Crippen molar-refractivity contribution in [3.63, 3.8) is 0 Å². The van der Waals surface area contributed by atoms with Gasteiger partial charge in [0.15, 0.2) is 0 Å². The molecule has 7 nitrogen and oxygen atoms in total. The molecule has 0 aromatic heterocycles. The molecule has 0 fully saturated rings. The Morgan fingerprint density at radius 2 is 1.54 bits per heavy atom. The molecule has 3 N–H and O–H groups in total. The van der Waals surface area contributed by atoms with E-state index in [2.05, 4.69) is 34.9 Å². The zero-order valence-corrected chi connectivity index (χ0v) is 20.9. The molecule has 2 amide bonds. The summed E-state index contributed by atoms with van der Waals surface area (Å²) in [4.78, 5) is 37.1. The van der Waals surface area contributed by atoms with Crippen LogP contribution in [0.25, 0.3) is 11.1 Å². The fraction of sp³-hybridized carbons (Fsp3) is 0.464. The largest absolute Gasteiger partial charge is 0.480 e. The summed E-state index contributed by atoms with van der Waals surface area (Å²) >= 11 is 0. The average molecular weight is 481 g/mol. The highest BCUT2D eigenvalue weighted by molar-refractivity contribution is 5.85. The lowest BCUT2D eigenvalue weighted by molar-refractivity contribution is -0.144. The van der Waals surface area contributed by atoms with Gasteiger partial charge in [-0.25, -0.2) is 9.59 Å². The van der Waals surface area contributed by atoms with Crippen molar-refractivity contribution in [3.05, 3.63) is 59.7 Å². The van der Waals surface area contributed by atoms with Crippen LogP contribution in [0.15, 0.2) is 48.5 Å². The van der Waals surface area contributed by atoms with Crippen molar-refractivity contribution < 1.29 is 24.2 Å². The molecule has 0 aliphatic heterocycles. The minimum Gasteiger partial charge on any atom is -0.480 e. The molecular formula is C28H36N2O5. The number of ether oxygens (including phenoxy) is 1. The van der Waals surface area contributed by atoms with Crippen molar-refractivity contribution >= 4 is 18.0 Å². The van der Waals surface area contributed by atoms with Gasteiger partial charge in [-0.3, -0.25) is 4.79 Å². The quantitative estimate of drug-likeness (QED) is 0.428. The van der Waals surface area contributed by atoms with Gasteiger partial charge in [0.1, 0.15) is 12.6 Å². The van der Waals surface area contributed by atoms with Crippen molar-refractivity contribution in [1.82, 2.24) is 10.6 Å².